The number of aromatic nitrogens is 2. The highest BCUT2D eigenvalue weighted by molar-refractivity contribution is 5.75. The van der Waals surface area contributed by atoms with E-state index in [2.05, 4.69) is 15.3 Å². The van der Waals surface area contributed by atoms with Crippen molar-refractivity contribution in [1.82, 2.24) is 9.97 Å². The Labute approximate surface area is 164 Å². The summed E-state index contributed by atoms with van der Waals surface area (Å²) >= 11 is 0. The van der Waals surface area contributed by atoms with Crippen molar-refractivity contribution in [2.75, 3.05) is 29.9 Å². The van der Waals surface area contributed by atoms with Gasteiger partial charge in [0, 0.05) is 24.8 Å². The highest BCUT2D eigenvalue weighted by Gasteiger charge is 2.32. The number of carbonyl (C=O) groups is 1. The van der Waals surface area contributed by atoms with Crippen LogP contribution in [-0.4, -0.2) is 40.6 Å². The minimum atomic E-state index is -0.828. The molecule has 0 aliphatic carbocycles. The summed E-state index contributed by atoms with van der Waals surface area (Å²) in [5.41, 5.74) is -0.428. The number of nitro groups is 1. The van der Waals surface area contributed by atoms with Gasteiger partial charge in [-0.3, -0.25) is 14.9 Å². The van der Waals surface area contributed by atoms with Gasteiger partial charge in [-0.05, 0) is 31.9 Å². The van der Waals surface area contributed by atoms with E-state index in [1.807, 2.05) is 0 Å². The van der Waals surface area contributed by atoms with Crippen LogP contribution in [0.3, 0.4) is 0 Å². The second-order valence-corrected chi connectivity index (χ2v) is 6.45. The van der Waals surface area contributed by atoms with Crippen LogP contribution in [-0.2, 0) is 9.53 Å². The minimum absolute atomic E-state index is 0.0173. The first-order chi connectivity index (χ1) is 13.9. The molecule has 0 radical (unpaired) electrons. The van der Waals surface area contributed by atoms with Crippen LogP contribution in [0.2, 0.25) is 0 Å². The molecule has 0 amide bonds. The molecule has 0 saturated carbocycles. The highest BCUT2D eigenvalue weighted by Crippen LogP contribution is 2.35. The van der Waals surface area contributed by atoms with E-state index >= 15 is 0 Å². The average Bonchev–Trinajstić information content (AvgIpc) is 2.67. The van der Waals surface area contributed by atoms with E-state index in [0.29, 0.717) is 38.6 Å². The molecule has 29 heavy (non-hydrogen) atoms. The zero-order valence-corrected chi connectivity index (χ0v) is 15.6. The van der Waals surface area contributed by atoms with Gasteiger partial charge in [-0.1, -0.05) is 0 Å². The van der Waals surface area contributed by atoms with Crippen molar-refractivity contribution < 1.29 is 23.2 Å². The van der Waals surface area contributed by atoms with Gasteiger partial charge in [-0.25, -0.2) is 18.7 Å². The Kier molecular flexibility index (Phi) is 6.15. The van der Waals surface area contributed by atoms with Gasteiger partial charge in [0.15, 0.2) is 0 Å². The van der Waals surface area contributed by atoms with Crippen molar-refractivity contribution in [2.45, 2.75) is 19.8 Å². The maximum Gasteiger partial charge on any atom is 0.353 e. The summed E-state index contributed by atoms with van der Waals surface area (Å²) in [6.45, 7) is 2.77. The predicted octanol–water partition coefficient (Wildman–Crippen LogP) is 3.19. The monoisotopic (exact) mass is 407 g/mol. The predicted molar refractivity (Wildman–Crippen MR) is 99.9 cm³/mol. The quantitative estimate of drug-likeness (QED) is 0.442. The van der Waals surface area contributed by atoms with Crippen LogP contribution < -0.4 is 10.2 Å². The first-order valence-electron chi connectivity index (χ1n) is 9.03. The summed E-state index contributed by atoms with van der Waals surface area (Å²) in [5.74, 6) is -2.31. The maximum atomic E-state index is 13.4. The number of hydrogen-bond donors (Lipinski definition) is 1. The van der Waals surface area contributed by atoms with Crippen molar-refractivity contribution in [3.8, 4) is 0 Å². The molecule has 1 fully saturated rings. The molecule has 0 unspecified atom stereocenters. The van der Waals surface area contributed by atoms with Gasteiger partial charge < -0.3 is 15.0 Å². The summed E-state index contributed by atoms with van der Waals surface area (Å²) in [7, 11) is 0. The van der Waals surface area contributed by atoms with E-state index in [0.717, 1.165) is 18.5 Å². The number of ether oxygens (including phenoxy) is 1. The molecule has 11 heteroatoms. The van der Waals surface area contributed by atoms with Gasteiger partial charge >= 0.3 is 11.7 Å². The van der Waals surface area contributed by atoms with Gasteiger partial charge in [-0.15, -0.1) is 0 Å². The van der Waals surface area contributed by atoms with E-state index in [-0.39, 0.29) is 29.2 Å². The SMILES string of the molecule is CCOC(=O)C1CCN(c2ncnc(Nc3cc(F)cc(F)c3)c2[N+](=O)[O-])CC1. The van der Waals surface area contributed by atoms with E-state index in [1.54, 1.807) is 11.8 Å². The number of anilines is 3. The van der Waals surface area contributed by atoms with Crippen LogP contribution in [0.4, 0.5) is 31.8 Å². The fourth-order valence-corrected chi connectivity index (χ4v) is 3.21. The smallest absolute Gasteiger partial charge is 0.353 e. The number of carbonyl (C=O) groups excluding carboxylic acids is 1. The molecule has 0 bridgehead atoms. The number of rotatable bonds is 6. The second kappa shape index (κ2) is 8.76. The van der Waals surface area contributed by atoms with Gasteiger partial charge in [0.25, 0.3) is 0 Å². The van der Waals surface area contributed by atoms with Crippen molar-refractivity contribution >= 4 is 29.0 Å². The number of nitrogens with one attached hydrogen (secondary N) is 1. The topological polar surface area (TPSA) is 110 Å². The fraction of sp³-hybridized carbons (Fsp3) is 0.389. The van der Waals surface area contributed by atoms with E-state index in [9.17, 15) is 23.7 Å². The van der Waals surface area contributed by atoms with Gasteiger partial charge in [0.2, 0.25) is 11.6 Å². The zero-order chi connectivity index (χ0) is 21.0. The number of nitrogens with zero attached hydrogens (tertiary/aromatic N) is 4. The van der Waals surface area contributed by atoms with Crippen molar-refractivity contribution in [2.24, 2.45) is 5.92 Å². The Bertz CT molecular complexity index is 899. The highest BCUT2D eigenvalue weighted by atomic mass is 19.1. The molecular formula is C18H19F2N5O4. The van der Waals surface area contributed by atoms with E-state index in [4.69, 9.17) is 4.74 Å². The first kappa shape index (κ1) is 20.4. The zero-order valence-electron chi connectivity index (χ0n) is 15.6. The molecule has 3 rings (SSSR count). The van der Waals surface area contributed by atoms with Crippen LogP contribution in [0.1, 0.15) is 19.8 Å². The summed E-state index contributed by atoms with van der Waals surface area (Å²) in [6, 6.07) is 2.69. The Hall–Kier alpha value is -3.37. The maximum absolute atomic E-state index is 13.4. The number of esters is 1. The number of halogens is 2. The Morgan fingerprint density at radius 1 is 1.28 bits per heavy atom. The first-order valence-corrected chi connectivity index (χ1v) is 9.03. The van der Waals surface area contributed by atoms with Crippen molar-refractivity contribution in [3.63, 3.8) is 0 Å². The lowest BCUT2D eigenvalue weighted by Gasteiger charge is -2.31. The lowest BCUT2D eigenvalue weighted by Crippen LogP contribution is -2.37. The molecule has 1 aliphatic heterocycles. The molecule has 1 aromatic carbocycles. The summed E-state index contributed by atoms with van der Waals surface area (Å²) in [6.07, 6.45) is 2.08. The molecule has 1 aliphatic rings. The third kappa shape index (κ3) is 4.73. The summed E-state index contributed by atoms with van der Waals surface area (Å²) < 4.78 is 31.9. The molecule has 1 N–H and O–H groups in total. The van der Waals surface area contributed by atoms with Crippen molar-refractivity contribution in [3.05, 3.63) is 46.3 Å². The minimum Gasteiger partial charge on any atom is -0.466 e. The summed E-state index contributed by atoms with van der Waals surface area (Å²) in [5, 5.41) is 14.3. The van der Waals surface area contributed by atoms with Crippen LogP contribution in [0.5, 0.6) is 0 Å². The number of piperidine rings is 1. The average molecular weight is 407 g/mol. The van der Waals surface area contributed by atoms with Crippen LogP contribution >= 0.6 is 0 Å². The molecule has 0 spiro atoms. The van der Waals surface area contributed by atoms with Crippen LogP contribution in [0.25, 0.3) is 0 Å². The van der Waals surface area contributed by atoms with Crippen LogP contribution in [0, 0.1) is 27.7 Å². The number of benzene rings is 1. The van der Waals surface area contributed by atoms with Crippen molar-refractivity contribution in [1.29, 1.82) is 0 Å². The fourth-order valence-electron chi connectivity index (χ4n) is 3.21. The lowest BCUT2D eigenvalue weighted by molar-refractivity contribution is -0.383. The molecule has 0 atom stereocenters. The molecule has 1 aromatic heterocycles. The molecular weight excluding hydrogens is 388 g/mol. The number of hydrogen-bond acceptors (Lipinski definition) is 8. The van der Waals surface area contributed by atoms with Gasteiger partial charge in [0.05, 0.1) is 17.4 Å². The third-order valence-corrected chi connectivity index (χ3v) is 4.53. The Morgan fingerprint density at radius 3 is 2.52 bits per heavy atom. The Balaban J connectivity index is 1.84. The van der Waals surface area contributed by atoms with Gasteiger partial charge in [-0.2, -0.15) is 0 Å². The van der Waals surface area contributed by atoms with Crippen LogP contribution in [0.15, 0.2) is 24.5 Å². The molecule has 154 valence electrons. The molecule has 2 aromatic rings. The Morgan fingerprint density at radius 2 is 1.93 bits per heavy atom. The molecule has 2 heterocycles. The normalized spacial score (nSPS) is 14.5. The summed E-state index contributed by atoms with van der Waals surface area (Å²) in [4.78, 5) is 32.5. The molecule has 9 nitrogen and oxygen atoms in total. The largest absolute Gasteiger partial charge is 0.466 e. The standard InChI is InChI=1S/C18H19F2N5O4/c1-2-29-18(26)11-3-5-24(6-4-11)17-15(25(27)28)16(21-10-22-17)23-14-8-12(19)7-13(20)9-14/h7-11H,2-6H2,1H3,(H,21,22,23). The lowest BCUT2D eigenvalue weighted by atomic mass is 9.97. The van der Waals surface area contributed by atoms with E-state index in [1.165, 1.54) is 0 Å². The second-order valence-electron chi connectivity index (χ2n) is 6.45. The van der Waals surface area contributed by atoms with Gasteiger partial charge in [0.1, 0.15) is 18.0 Å². The van der Waals surface area contributed by atoms with E-state index < -0.39 is 22.2 Å². The third-order valence-electron chi connectivity index (χ3n) is 4.53. The molecule has 1 saturated heterocycles.